The molecule has 0 radical (unpaired) electrons. The molecule has 5 nitrogen and oxygen atoms in total. The molecule has 9 heteroatoms. The zero-order valence-corrected chi connectivity index (χ0v) is 14.9. The minimum atomic E-state index is -4.04. The summed E-state index contributed by atoms with van der Waals surface area (Å²) in [6, 6.07) is 12.4. The monoisotopic (exact) mass is 406 g/mol. The fraction of sp³-hybridized carbons (Fsp3) is 0. The lowest BCUT2D eigenvalue weighted by Gasteiger charge is -2.10. The maximum Gasteiger partial charge on any atom is 0.261 e. The van der Waals surface area contributed by atoms with Crippen molar-refractivity contribution in [3.8, 4) is 0 Å². The van der Waals surface area contributed by atoms with Crippen molar-refractivity contribution in [2.75, 3.05) is 10.0 Å². The van der Waals surface area contributed by atoms with Gasteiger partial charge in [0.05, 0.1) is 10.6 Å². The first-order valence-corrected chi connectivity index (χ1v) is 9.38. The Morgan fingerprint density at radius 2 is 1.50 bits per heavy atom. The Hall–Kier alpha value is -3.33. The summed E-state index contributed by atoms with van der Waals surface area (Å²) < 4.78 is 66.8. The van der Waals surface area contributed by atoms with E-state index in [0.29, 0.717) is 6.07 Å². The smallest absolute Gasteiger partial charge is 0.261 e. The average Bonchev–Trinajstić information content (AvgIpc) is 2.66. The SMILES string of the molecule is O=C(Nc1ccc(F)cc1F)c1cccc(S(=O)(=O)Nc2ccc(F)cc2)c1. The number of carbonyl (C=O) groups excluding carboxylic acids is 1. The average molecular weight is 406 g/mol. The molecule has 0 saturated heterocycles. The van der Waals surface area contributed by atoms with Gasteiger partial charge in [0.15, 0.2) is 0 Å². The van der Waals surface area contributed by atoms with Gasteiger partial charge in [-0.2, -0.15) is 0 Å². The van der Waals surface area contributed by atoms with Crippen LogP contribution in [0.5, 0.6) is 0 Å². The second-order valence-corrected chi connectivity index (χ2v) is 7.40. The summed E-state index contributed by atoms with van der Waals surface area (Å²) in [7, 11) is -4.04. The van der Waals surface area contributed by atoms with E-state index in [0.717, 1.165) is 30.3 Å². The predicted molar refractivity (Wildman–Crippen MR) is 98.0 cm³/mol. The minimum Gasteiger partial charge on any atom is -0.319 e. The molecule has 28 heavy (non-hydrogen) atoms. The Morgan fingerprint density at radius 1 is 0.821 bits per heavy atom. The van der Waals surface area contributed by atoms with Crippen molar-refractivity contribution in [1.82, 2.24) is 0 Å². The van der Waals surface area contributed by atoms with Gasteiger partial charge in [-0.05, 0) is 54.6 Å². The van der Waals surface area contributed by atoms with Crippen molar-refractivity contribution >= 4 is 27.3 Å². The lowest BCUT2D eigenvalue weighted by molar-refractivity contribution is 0.102. The molecule has 3 rings (SSSR count). The molecule has 144 valence electrons. The predicted octanol–water partition coefficient (Wildman–Crippen LogP) is 4.16. The number of carbonyl (C=O) groups is 1. The molecule has 0 aliphatic heterocycles. The highest BCUT2D eigenvalue weighted by molar-refractivity contribution is 7.92. The summed E-state index contributed by atoms with van der Waals surface area (Å²) in [5, 5.41) is 2.25. The third-order valence-electron chi connectivity index (χ3n) is 3.68. The van der Waals surface area contributed by atoms with Crippen LogP contribution in [-0.2, 0) is 10.0 Å². The summed E-state index contributed by atoms with van der Waals surface area (Å²) in [5.74, 6) is -3.05. The number of nitrogens with one attached hydrogen (secondary N) is 2. The van der Waals surface area contributed by atoms with Crippen LogP contribution in [0.3, 0.4) is 0 Å². The number of rotatable bonds is 5. The molecule has 1 amide bonds. The maximum absolute atomic E-state index is 13.7. The fourth-order valence-corrected chi connectivity index (χ4v) is 3.43. The van der Waals surface area contributed by atoms with Gasteiger partial charge in [0.1, 0.15) is 17.5 Å². The number of benzene rings is 3. The molecule has 0 saturated carbocycles. The van der Waals surface area contributed by atoms with Crippen LogP contribution in [0.25, 0.3) is 0 Å². The van der Waals surface area contributed by atoms with Crippen molar-refractivity contribution in [2.24, 2.45) is 0 Å². The van der Waals surface area contributed by atoms with Gasteiger partial charge in [-0.1, -0.05) is 6.07 Å². The molecule has 0 atom stereocenters. The van der Waals surface area contributed by atoms with E-state index in [1.54, 1.807) is 0 Å². The van der Waals surface area contributed by atoms with Crippen LogP contribution in [0.4, 0.5) is 24.5 Å². The Labute approximate surface area is 158 Å². The summed E-state index contributed by atoms with van der Waals surface area (Å²) in [6.07, 6.45) is 0. The van der Waals surface area contributed by atoms with Crippen LogP contribution in [0.2, 0.25) is 0 Å². The molecule has 0 spiro atoms. The lowest BCUT2D eigenvalue weighted by atomic mass is 10.2. The zero-order chi connectivity index (χ0) is 20.3. The molecule has 0 aliphatic rings. The number of anilines is 2. The largest absolute Gasteiger partial charge is 0.319 e. The lowest BCUT2D eigenvalue weighted by Crippen LogP contribution is -2.16. The summed E-state index contributed by atoms with van der Waals surface area (Å²) in [4.78, 5) is 12.1. The van der Waals surface area contributed by atoms with Crippen molar-refractivity contribution in [3.63, 3.8) is 0 Å². The number of hydrogen-bond acceptors (Lipinski definition) is 3. The van der Waals surface area contributed by atoms with Gasteiger partial charge in [0.2, 0.25) is 0 Å². The number of amides is 1. The van der Waals surface area contributed by atoms with E-state index in [2.05, 4.69) is 10.0 Å². The van der Waals surface area contributed by atoms with Crippen LogP contribution in [0.1, 0.15) is 10.4 Å². The highest BCUT2D eigenvalue weighted by Gasteiger charge is 2.17. The molecule has 0 heterocycles. The molecule has 2 N–H and O–H groups in total. The van der Waals surface area contributed by atoms with Crippen molar-refractivity contribution < 1.29 is 26.4 Å². The van der Waals surface area contributed by atoms with Crippen molar-refractivity contribution in [2.45, 2.75) is 4.90 Å². The first-order valence-electron chi connectivity index (χ1n) is 7.89. The number of sulfonamides is 1. The molecule has 0 aliphatic carbocycles. The van der Waals surface area contributed by atoms with Gasteiger partial charge < -0.3 is 5.32 Å². The van der Waals surface area contributed by atoms with Gasteiger partial charge >= 0.3 is 0 Å². The molecule has 0 aromatic heterocycles. The molecule has 0 fully saturated rings. The van der Waals surface area contributed by atoms with Crippen molar-refractivity contribution in [3.05, 3.63) is 89.7 Å². The fourth-order valence-electron chi connectivity index (χ4n) is 2.32. The van der Waals surface area contributed by atoms with Crippen LogP contribution in [0, 0.1) is 17.5 Å². The molecule has 0 unspecified atom stereocenters. The minimum absolute atomic E-state index is 0.0503. The van der Waals surface area contributed by atoms with Crippen LogP contribution >= 0.6 is 0 Å². The quantitative estimate of drug-likeness (QED) is 0.668. The van der Waals surface area contributed by atoms with E-state index >= 15 is 0 Å². The Balaban J connectivity index is 1.82. The first-order chi connectivity index (χ1) is 13.2. The van der Waals surface area contributed by atoms with E-state index in [1.165, 1.54) is 30.3 Å². The van der Waals surface area contributed by atoms with E-state index in [1.807, 2.05) is 0 Å². The number of halogens is 3. The highest BCUT2D eigenvalue weighted by Crippen LogP contribution is 2.20. The van der Waals surface area contributed by atoms with E-state index < -0.39 is 33.4 Å². The van der Waals surface area contributed by atoms with Gasteiger partial charge in [0, 0.05) is 17.3 Å². The molecule has 3 aromatic rings. The van der Waals surface area contributed by atoms with Crippen LogP contribution in [-0.4, -0.2) is 14.3 Å². The number of hydrogen-bond donors (Lipinski definition) is 2. The molecule has 0 bridgehead atoms. The molecular weight excluding hydrogens is 393 g/mol. The topological polar surface area (TPSA) is 75.3 Å². The third-order valence-corrected chi connectivity index (χ3v) is 5.06. The summed E-state index contributed by atoms with van der Waals surface area (Å²) >= 11 is 0. The zero-order valence-electron chi connectivity index (χ0n) is 14.1. The Morgan fingerprint density at radius 3 is 2.18 bits per heavy atom. The van der Waals surface area contributed by atoms with E-state index in [4.69, 9.17) is 0 Å². The first kappa shape index (κ1) is 19.4. The van der Waals surface area contributed by atoms with E-state index in [-0.39, 0.29) is 21.8 Å². The van der Waals surface area contributed by atoms with Gasteiger partial charge in [0.25, 0.3) is 15.9 Å². The second kappa shape index (κ2) is 7.73. The standard InChI is InChI=1S/C19H13F3N2O3S/c20-13-4-7-15(8-5-13)24-28(26,27)16-3-1-2-12(10-16)19(25)23-18-9-6-14(21)11-17(18)22/h1-11,24H,(H,23,25). The normalized spacial score (nSPS) is 11.1. The third kappa shape index (κ3) is 4.49. The Kier molecular flexibility index (Phi) is 5.36. The van der Waals surface area contributed by atoms with Crippen LogP contribution in [0.15, 0.2) is 71.6 Å². The van der Waals surface area contributed by atoms with Crippen molar-refractivity contribution in [1.29, 1.82) is 0 Å². The molecule has 3 aromatic carbocycles. The Bertz CT molecular complexity index is 1130. The van der Waals surface area contributed by atoms with Gasteiger partial charge in [-0.15, -0.1) is 0 Å². The van der Waals surface area contributed by atoms with Crippen LogP contribution < -0.4 is 10.0 Å². The van der Waals surface area contributed by atoms with Gasteiger partial charge in [-0.25, -0.2) is 21.6 Å². The summed E-state index contributed by atoms with van der Waals surface area (Å²) in [5.41, 5.74) is -0.153. The molecular formula is C19H13F3N2O3S. The maximum atomic E-state index is 13.7. The van der Waals surface area contributed by atoms with E-state index in [9.17, 15) is 26.4 Å². The van der Waals surface area contributed by atoms with Gasteiger partial charge in [-0.3, -0.25) is 9.52 Å². The second-order valence-electron chi connectivity index (χ2n) is 5.72. The summed E-state index contributed by atoms with van der Waals surface area (Å²) in [6.45, 7) is 0. The highest BCUT2D eigenvalue weighted by atomic mass is 32.2.